The average molecular weight is 1300 g/mol. The molecule has 0 rings (SSSR count). The molecule has 0 aromatic rings. The van der Waals surface area contributed by atoms with Crippen LogP contribution in [0.4, 0.5) is 0 Å². The number of quaternary nitrogens is 1. The van der Waals surface area contributed by atoms with Gasteiger partial charge >= 0.3 is 17.9 Å². The van der Waals surface area contributed by atoms with Gasteiger partial charge in [0.2, 0.25) is 0 Å². The van der Waals surface area contributed by atoms with Crippen LogP contribution in [0.3, 0.4) is 0 Å². The van der Waals surface area contributed by atoms with E-state index in [0.29, 0.717) is 17.4 Å². The molecular weight excluding hydrogens is 1150 g/mol. The van der Waals surface area contributed by atoms with Crippen molar-refractivity contribution in [2.24, 2.45) is 0 Å². The van der Waals surface area contributed by atoms with Crippen molar-refractivity contribution in [3.05, 3.63) is 134 Å². The Morgan fingerprint density at radius 1 is 0.323 bits per heavy atom. The molecular formula is C84H144NO8+. The third-order valence-corrected chi connectivity index (χ3v) is 16.4. The second-order valence-corrected chi connectivity index (χ2v) is 26.6. The van der Waals surface area contributed by atoms with Crippen LogP contribution in [0, 0.1) is 0 Å². The zero-order valence-electron chi connectivity index (χ0n) is 60.9. The summed E-state index contributed by atoms with van der Waals surface area (Å²) in [5, 5.41) is 9.77. The first-order chi connectivity index (χ1) is 45.6. The van der Waals surface area contributed by atoms with Gasteiger partial charge in [-0.15, -0.1) is 0 Å². The summed E-state index contributed by atoms with van der Waals surface area (Å²) < 4.78 is 23.0. The highest BCUT2D eigenvalue weighted by atomic mass is 16.7. The number of likely N-dealkylation sites (N-methyl/N-ethyl adjacent to an activating group) is 1. The quantitative estimate of drug-likeness (QED) is 0.0211. The molecule has 0 spiro atoms. The van der Waals surface area contributed by atoms with E-state index in [4.69, 9.17) is 18.9 Å². The van der Waals surface area contributed by atoms with Gasteiger partial charge in [0, 0.05) is 12.8 Å². The zero-order valence-corrected chi connectivity index (χ0v) is 60.9. The summed E-state index contributed by atoms with van der Waals surface area (Å²) in [6.45, 7) is 4.67. The standard InChI is InChI=1S/C84H143NO8/c1-6-8-10-12-14-16-18-20-22-24-26-28-30-32-34-36-37-38-39-40-41-42-43-44-45-47-49-51-53-55-57-59-61-63-65-67-69-71-73-75-82(87)93-80(79-92-84(83(88)89)90-77-76-85(3,4)5)78-91-81(86)74-72-70-68-66-64-62-60-58-56-54-52-50-48-46-35-33-31-29-27-25-23-21-19-17-15-13-11-9-7-2/h8-11,14-17,20-23,26-29,32-35,37-38,80,84H,6-7,12-13,18-19,24-25,30-31,36,39-79H2,1-5H3/p+1/b10-8-,11-9-,16-14-,17-15-,22-20-,23-21-,28-26-,29-27-,34-32-,35-33-,38-37-. The Hall–Kier alpha value is -4.57. The van der Waals surface area contributed by atoms with Crippen LogP contribution >= 0.6 is 0 Å². The van der Waals surface area contributed by atoms with Crippen molar-refractivity contribution in [1.29, 1.82) is 0 Å². The molecule has 9 nitrogen and oxygen atoms in total. The van der Waals surface area contributed by atoms with Crippen LogP contribution in [-0.2, 0) is 33.3 Å². The largest absolute Gasteiger partial charge is 0.477 e. The summed E-state index contributed by atoms with van der Waals surface area (Å²) in [6.07, 6.45) is 103. The Balaban J connectivity index is 4.04. The summed E-state index contributed by atoms with van der Waals surface area (Å²) in [5.74, 6) is -2.00. The van der Waals surface area contributed by atoms with E-state index in [1.54, 1.807) is 0 Å². The van der Waals surface area contributed by atoms with Gasteiger partial charge in [0.1, 0.15) is 13.2 Å². The molecule has 0 aromatic heterocycles. The monoisotopic (exact) mass is 1300 g/mol. The minimum Gasteiger partial charge on any atom is -0.477 e. The molecule has 1 N–H and O–H groups in total. The lowest BCUT2D eigenvalue weighted by Crippen LogP contribution is -2.40. The number of esters is 2. The van der Waals surface area contributed by atoms with Crippen molar-refractivity contribution < 1.29 is 42.9 Å². The fourth-order valence-corrected chi connectivity index (χ4v) is 10.6. The lowest BCUT2D eigenvalue weighted by Gasteiger charge is -2.25. The van der Waals surface area contributed by atoms with Gasteiger partial charge in [-0.1, -0.05) is 334 Å². The van der Waals surface area contributed by atoms with Crippen LogP contribution in [0.5, 0.6) is 0 Å². The smallest absolute Gasteiger partial charge is 0.361 e. The van der Waals surface area contributed by atoms with E-state index in [2.05, 4.69) is 148 Å². The first kappa shape index (κ1) is 88.4. The third-order valence-electron chi connectivity index (χ3n) is 16.4. The van der Waals surface area contributed by atoms with Crippen molar-refractivity contribution in [1.82, 2.24) is 0 Å². The number of aliphatic carboxylic acids is 1. The maximum atomic E-state index is 13.0. The van der Waals surface area contributed by atoms with Gasteiger partial charge in [-0.25, -0.2) is 4.79 Å². The molecule has 0 aromatic carbocycles. The Kier molecular flexibility index (Phi) is 69.6. The highest BCUT2D eigenvalue weighted by molar-refractivity contribution is 5.71. The third kappa shape index (κ3) is 74.7. The molecule has 0 saturated heterocycles. The van der Waals surface area contributed by atoms with E-state index in [0.717, 1.165) is 109 Å². The van der Waals surface area contributed by atoms with Gasteiger partial charge in [-0.3, -0.25) is 9.59 Å². The van der Waals surface area contributed by atoms with E-state index in [1.165, 1.54) is 186 Å². The maximum Gasteiger partial charge on any atom is 0.361 e. The predicted octanol–water partition coefficient (Wildman–Crippen LogP) is 24.5. The molecule has 532 valence electrons. The molecule has 0 aliphatic carbocycles. The summed E-state index contributed by atoms with van der Waals surface area (Å²) in [4.78, 5) is 37.7. The van der Waals surface area contributed by atoms with Crippen LogP contribution < -0.4 is 0 Å². The number of carbonyl (C=O) groups excluding carboxylic acids is 2. The van der Waals surface area contributed by atoms with Crippen LogP contribution in [-0.4, -0.2) is 87.4 Å². The second kappa shape index (κ2) is 73.2. The highest BCUT2D eigenvalue weighted by Gasteiger charge is 2.25. The number of carboxylic acid groups (broad SMARTS) is 1. The summed E-state index contributed by atoms with van der Waals surface area (Å²) >= 11 is 0. The van der Waals surface area contributed by atoms with Crippen molar-refractivity contribution >= 4 is 17.9 Å². The topological polar surface area (TPSA) is 108 Å². The minimum absolute atomic E-state index is 0.184. The number of hydrogen-bond donors (Lipinski definition) is 1. The number of allylic oxidation sites excluding steroid dienone is 22. The summed E-state index contributed by atoms with van der Waals surface area (Å²) in [6, 6.07) is 0. The van der Waals surface area contributed by atoms with E-state index in [9.17, 15) is 19.5 Å². The molecule has 0 radical (unpaired) electrons. The Labute approximate surface area is 573 Å². The van der Waals surface area contributed by atoms with Crippen LogP contribution in [0.2, 0.25) is 0 Å². The number of ether oxygens (including phenoxy) is 4. The van der Waals surface area contributed by atoms with Crippen molar-refractivity contribution in [3.63, 3.8) is 0 Å². The summed E-state index contributed by atoms with van der Waals surface area (Å²) in [5.41, 5.74) is 0. The van der Waals surface area contributed by atoms with Crippen molar-refractivity contribution in [2.75, 3.05) is 47.5 Å². The molecule has 2 unspecified atom stereocenters. The molecule has 2 atom stereocenters. The van der Waals surface area contributed by atoms with E-state index < -0.39 is 24.3 Å². The van der Waals surface area contributed by atoms with Gasteiger partial charge < -0.3 is 28.5 Å². The van der Waals surface area contributed by atoms with Crippen LogP contribution in [0.1, 0.15) is 322 Å². The Morgan fingerprint density at radius 2 is 0.581 bits per heavy atom. The molecule has 0 saturated carbocycles. The van der Waals surface area contributed by atoms with E-state index >= 15 is 0 Å². The van der Waals surface area contributed by atoms with Gasteiger partial charge in [0.05, 0.1) is 34.4 Å². The number of carbonyl (C=O) groups is 3. The fraction of sp³-hybridized carbons (Fsp3) is 0.702. The number of carboxylic acids is 1. The lowest BCUT2D eigenvalue weighted by molar-refractivity contribution is -0.870. The first-order valence-electron chi connectivity index (χ1n) is 38.3. The maximum absolute atomic E-state index is 13.0. The fourth-order valence-electron chi connectivity index (χ4n) is 10.6. The molecule has 0 fully saturated rings. The SMILES string of the molecule is CC/C=C\C/C=C\C/C=C\C/C=C\C/C=C\C/C=C\CCCCCCCCCCCCCCCCCCCCCCC(=O)OC(COC(=O)CCCCCCCCCCCCCCC/C=C\C/C=C\C/C=C\C/C=C\C/C=C\CC)COC(OCC[N+](C)(C)C)C(=O)O. The average Bonchev–Trinajstić information content (AvgIpc) is 3.38. The normalized spacial score (nSPS) is 13.4. The highest BCUT2D eigenvalue weighted by Crippen LogP contribution is 2.18. The van der Waals surface area contributed by atoms with Crippen LogP contribution in [0.15, 0.2) is 134 Å². The number of unbranched alkanes of at least 4 members (excludes halogenated alkanes) is 33. The molecule has 0 bridgehead atoms. The second-order valence-electron chi connectivity index (χ2n) is 26.6. The molecule has 93 heavy (non-hydrogen) atoms. The van der Waals surface area contributed by atoms with Crippen molar-refractivity contribution in [3.8, 4) is 0 Å². The Morgan fingerprint density at radius 3 is 0.860 bits per heavy atom. The molecule has 0 heterocycles. The van der Waals surface area contributed by atoms with E-state index in [-0.39, 0.29) is 32.2 Å². The summed E-state index contributed by atoms with van der Waals surface area (Å²) in [7, 11) is 5.98. The van der Waals surface area contributed by atoms with Crippen molar-refractivity contribution in [2.45, 2.75) is 334 Å². The minimum atomic E-state index is -1.52. The zero-order chi connectivity index (χ0) is 67.5. The van der Waals surface area contributed by atoms with Gasteiger partial charge in [-0.05, 0) is 109 Å². The van der Waals surface area contributed by atoms with E-state index in [1.807, 2.05) is 21.1 Å². The Bertz CT molecular complexity index is 2000. The molecule has 0 aliphatic rings. The molecule has 0 aliphatic heterocycles. The van der Waals surface area contributed by atoms with Gasteiger partial charge in [-0.2, -0.15) is 0 Å². The molecule has 0 amide bonds. The predicted molar refractivity (Wildman–Crippen MR) is 401 cm³/mol. The first-order valence-corrected chi connectivity index (χ1v) is 38.3. The van der Waals surface area contributed by atoms with Gasteiger partial charge in [0.15, 0.2) is 6.10 Å². The molecule has 9 heteroatoms. The van der Waals surface area contributed by atoms with Crippen LogP contribution in [0.25, 0.3) is 0 Å². The number of nitrogens with zero attached hydrogens (tertiary/aromatic N) is 1. The number of rotatable bonds is 70. The lowest BCUT2D eigenvalue weighted by atomic mass is 10.0. The number of hydrogen-bond acceptors (Lipinski definition) is 7. The van der Waals surface area contributed by atoms with Gasteiger partial charge in [0.25, 0.3) is 6.29 Å².